The number of hydrogen-bond donors (Lipinski definition) is 1. The molecule has 2 rings (SSSR count). The molecule has 0 saturated heterocycles. The number of benzene rings is 1. The predicted octanol–water partition coefficient (Wildman–Crippen LogP) is 2.99. The van der Waals surface area contributed by atoms with Crippen LogP contribution in [-0.4, -0.2) is 26.4 Å². The molecule has 3 nitrogen and oxygen atoms in total. The fraction of sp³-hybridized carbons (Fsp3) is 0.625. The summed E-state index contributed by atoms with van der Waals surface area (Å²) in [6.07, 6.45) is 3.81. The van der Waals surface area contributed by atoms with Crippen LogP contribution in [0.5, 0.6) is 5.75 Å². The molecule has 1 fully saturated rings. The fourth-order valence-corrected chi connectivity index (χ4v) is 2.00. The lowest BCUT2D eigenvalue weighted by Gasteiger charge is -2.11. The molecule has 19 heavy (non-hydrogen) atoms. The molecule has 3 heteroatoms. The van der Waals surface area contributed by atoms with E-state index in [1.165, 1.54) is 18.4 Å². The van der Waals surface area contributed by atoms with Gasteiger partial charge in [0.25, 0.3) is 0 Å². The molecule has 0 bridgehead atoms. The van der Waals surface area contributed by atoms with Crippen LogP contribution in [0.3, 0.4) is 0 Å². The van der Waals surface area contributed by atoms with Gasteiger partial charge in [-0.15, -0.1) is 0 Å². The topological polar surface area (TPSA) is 30.5 Å². The van der Waals surface area contributed by atoms with Gasteiger partial charge in [0.2, 0.25) is 0 Å². The van der Waals surface area contributed by atoms with Gasteiger partial charge in [0.1, 0.15) is 5.75 Å². The molecule has 0 amide bonds. The predicted molar refractivity (Wildman–Crippen MR) is 77.5 cm³/mol. The fourth-order valence-electron chi connectivity index (χ4n) is 2.00. The molecule has 0 aliphatic heterocycles. The van der Waals surface area contributed by atoms with Crippen molar-refractivity contribution in [1.29, 1.82) is 0 Å². The molecule has 1 aromatic carbocycles. The second-order valence-electron chi connectivity index (χ2n) is 5.09. The largest absolute Gasteiger partial charge is 0.494 e. The van der Waals surface area contributed by atoms with E-state index in [0.717, 1.165) is 44.4 Å². The highest BCUT2D eigenvalue weighted by atomic mass is 16.5. The lowest BCUT2D eigenvalue weighted by Crippen LogP contribution is -2.17. The van der Waals surface area contributed by atoms with Crippen molar-refractivity contribution in [3.8, 4) is 5.75 Å². The maximum Gasteiger partial charge on any atom is 0.123 e. The third-order valence-corrected chi connectivity index (χ3v) is 3.28. The third kappa shape index (κ3) is 5.62. The van der Waals surface area contributed by atoms with E-state index in [-0.39, 0.29) is 0 Å². The van der Waals surface area contributed by atoms with E-state index in [4.69, 9.17) is 9.47 Å². The van der Waals surface area contributed by atoms with Crippen LogP contribution in [0.2, 0.25) is 0 Å². The molecule has 1 aliphatic rings. The molecule has 1 saturated carbocycles. The van der Waals surface area contributed by atoms with Gasteiger partial charge in [0.15, 0.2) is 0 Å². The standard InChI is InChI=1S/C16H25NO2/c1-2-19-16-7-4-3-6-15(16)12-17-10-5-11-18-13-14-8-9-14/h3-4,6-7,14,17H,2,5,8-13H2,1H3. The Labute approximate surface area is 116 Å². The van der Waals surface area contributed by atoms with Gasteiger partial charge in [-0.1, -0.05) is 18.2 Å². The Morgan fingerprint density at radius 3 is 2.89 bits per heavy atom. The first-order chi connectivity index (χ1) is 9.40. The first kappa shape index (κ1) is 14.4. The van der Waals surface area contributed by atoms with Crippen molar-refractivity contribution >= 4 is 0 Å². The maximum atomic E-state index is 5.61. The zero-order valence-electron chi connectivity index (χ0n) is 11.9. The van der Waals surface area contributed by atoms with Crippen molar-refractivity contribution in [3.05, 3.63) is 29.8 Å². The van der Waals surface area contributed by atoms with E-state index < -0.39 is 0 Å². The molecule has 106 valence electrons. The minimum atomic E-state index is 0.714. The summed E-state index contributed by atoms with van der Waals surface area (Å²) in [6.45, 7) is 6.42. The van der Waals surface area contributed by atoms with Gasteiger partial charge in [-0.2, -0.15) is 0 Å². The third-order valence-electron chi connectivity index (χ3n) is 3.28. The SMILES string of the molecule is CCOc1ccccc1CNCCCOCC1CC1. The van der Waals surface area contributed by atoms with Crippen LogP contribution in [0.15, 0.2) is 24.3 Å². The van der Waals surface area contributed by atoms with E-state index in [1.54, 1.807) is 0 Å². The molecular formula is C16H25NO2. The summed E-state index contributed by atoms with van der Waals surface area (Å²) in [5.41, 5.74) is 1.23. The Bertz CT molecular complexity index is 364. The number of hydrogen-bond acceptors (Lipinski definition) is 3. The normalized spacial score (nSPS) is 14.6. The number of rotatable bonds is 10. The van der Waals surface area contributed by atoms with Crippen molar-refractivity contribution in [2.24, 2.45) is 5.92 Å². The second kappa shape index (κ2) is 8.18. The van der Waals surface area contributed by atoms with Crippen molar-refractivity contribution in [1.82, 2.24) is 5.32 Å². The van der Waals surface area contributed by atoms with Crippen LogP contribution in [-0.2, 0) is 11.3 Å². The lowest BCUT2D eigenvalue weighted by molar-refractivity contribution is 0.122. The summed E-state index contributed by atoms with van der Waals surface area (Å²) < 4.78 is 11.2. The summed E-state index contributed by atoms with van der Waals surface area (Å²) >= 11 is 0. The van der Waals surface area contributed by atoms with E-state index in [2.05, 4.69) is 17.4 Å². The molecular weight excluding hydrogens is 238 g/mol. The minimum absolute atomic E-state index is 0.714. The van der Waals surface area contributed by atoms with E-state index in [9.17, 15) is 0 Å². The number of para-hydroxylation sites is 1. The molecule has 0 unspecified atom stereocenters. The maximum absolute atomic E-state index is 5.61. The van der Waals surface area contributed by atoms with Gasteiger partial charge in [0.05, 0.1) is 6.61 Å². The highest BCUT2D eigenvalue weighted by Crippen LogP contribution is 2.28. The Kier molecular flexibility index (Phi) is 6.18. The lowest BCUT2D eigenvalue weighted by atomic mass is 10.2. The van der Waals surface area contributed by atoms with Crippen LogP contribution >= 0.6 is 0 Å². The van der Waals surface area contributed by atoms with Gasteiger partial charge >= 0.3 is 0 Å². The monoisotopic (exact) mass is 263 g/mol. The van der Waals surface area contributed by atoms with Gasteiger partial charge < -0.3 is 14.8 Å². The van der Waals surface area contributed by atoms with Crippen molar-refractivity contribution < 1.29 is 9.47 Å². The Balaban J connectivity index is 1.56. The van der Waals surface area contributed by atoms with Gasteiger partial charge in [-0.05, 0) is 44.7 Å². The molecule has 1 aromatic rings. The highest BCUT2D eigenvalue weighted by molar-refractivity contribution is 5.33. The second-order valence-corrected chi connectivity index (χ2v) is 5.09. The van der Waals surface area contributed by atoms with E-state index in [1.807, 2.05) is 19.1 Å². The Morgan fingerprint density at radius 1 is 1.26 bits per heavy atom. The van der Waals surface area contributed by atoms with Gasteiger partial charge in [-0.25, -0.2) is 0 Å². The molecule has 0 aromatic heterocycles. The van der Waals surface area contributed by atoms with Crippen molar-refractivity contribution in [2.45, 2.75) is 32.7 Å². The highest BCUT2D eigenvalue weighted by Gasteiger charge is 2.20. The van der Waals surface area contributed by atoms with E-state index in [0.29, 0.717) is 6.61 Å². The van der Waals surface area contributed by atoms with Gasteiger partial charge in [-0.3, -0.25) is 0 Å². The first-order valence-electron chi connectivity index (χ1n) is 7.39. The van der Waals surface area contributed by atoms with Gasteiger partial charge in [0, 0.05) is 25.3 Å². The molecule has 0 radical (unpaired) electrons. The summed E-state index contributed by atoms with van der Waals surface area (Å²) in [5, 5.41) is 3.44. The van der Waals surface area contributed by atoms with Crippen molar-refractivity contribution in [3.63, 3.8) is 0 Å². The smallest absolute Gasteiger partial charge is 0.123 e. The molecule has 1 N–H and O–H groups in total. The summed E-state index contributed by atoms with van der Waals surface area (Å²) in [4.78, 5) is 0. The summed E-state index contributed by atoms with van der Waals surface area (Å²) in [5.74, 6) is 1.86. The average molecular weight is 263 g/mol. The van der Waals surface area contributed by atoms with Crippen LogP contribution in [0.25, 0.3) is 0 Å². The van der Waals surface area contributed by atoms with E-state index >= 15 is 0 Å². The zero-order valence-corrected chi connectivity index (χ0v) is 11.9. The van der Waals surface area contributed by atoms with Crippen LogP contribution in [0, 0.1) is 5.92 Å². The Morgan fingerprint density at radius 2 is 2.11 bits per heavy atom. The first-order valence-corrected chi connectivity index (χ1v) is 7.39. The molecule has 0 spiro atoms. The number of ether oxygens (including phenoxy) is 2. The average Bonchev–Trinajstić information content (AvgIpc) is 3.24. The van der Waals surface area contributed by atoms with Crippen LogP contribution < -0.4 is 10.1 Å². The minimum Gasteiger partial charge on any atom is -0.494 e. The molecule has 0 atom stereocenters. The summed E-state index contributed by atoms with van der Waals surface area (Å²) in [7, 11) is 0. The van der Waals surface area contributed by atoms with Crippen LogP contribution in [0.1, 0.15) is 31.7 Å². The summed E-state index contributed by atoms with van der Waals surface area (Å²) in [6, 6.07) is 8.21. The number of nitrogens with one attached hydrogen (secondary N) is 1. The Hall–Kier alpha value is -1.06. The molecule has 0 heterocycles. The molecule has 1 aliphatic carbocycles. The van der Waals surface area contributed by atoms with Crippen molar-refractivity contribution in [2.75, 3.05) is 26.4 Å². The quantitative estimate of drug-likeness (QED) is 0.658. The van der Waals surface area contributed by atoms with Crippen LogP contribution in [0.4, 0.5) is 0 Å². The zero-order chi connectivity index (χ0) is 13.3.